The van der Waals surface area contributed by atoms with Crippen molar-refractivity contribution in [3.63, 3.8) is 0 Å². The molecule has 0 aliphatic rings. The largest absolute Gasteiger partial charge is 0.385 e. The maximum Gasteiger partial charge on any atom is 0.0996 e. The van der Waals surface area contributed by atoms with Crippen LogP contribution in [0.2, 0.25) is 0 Å². The Bertz CT molecular complexity index is 250. The first-order valence-electron chi connectivity index (χ1n) is 5.37. The van der Waals surface area contributed by atoms with Gasteiger partial charge < -0.3 is 10.1 Å². The number of nitrogens with zero attached hydrogens (tertiary/aromatic N) is 2. The molecule has 0 aromatic carbocycles. The van der Waals surface area contributed by atoms with Crippen LogP contribution in [0.25, 0.3) is 0 Å². The van der Waals surface area contributed by atoms with Gasteiger partial charge in [0.1, 0.15) is 0 Å². The minimum Gasteiger partial charge on any atom is -0.385 e. The van der Waals surface area contributed by atoms with Gasteiger partial charge in [0.2, 0.25) is 0 Å². The molecule has 2 N–H and O–H groups in total. The molecule has 0 saturated carbocycles. The second kappa shape index (κ2) is 6.53. The van der Waals surface area contributed by atoms with Crippen molar-refractivity contribution in [2.24, 2.45) is 5.92 Å². The highest BCUT2D eigenvalue weighted by atomic mass is 16.5. The van der Waals surface area contributed by atoms with Crippen LogP contribution in [0.3, 0.4) is 0 Å². The molecule has 1 heterocycles. The van der Waals surface area contributed by atoms with E-state index >= 15 is 0 Å². The summed E-state index contributed by atoms with van der Waals surface area (Å²) in [7, 11) is 1.73. The SMILES string of the molecule is CCNC(c1cn[nH]n1)C(C)CCOC. The standard InChI is InChI=1S/C10H20N4O/c1-4-11-10(8(2)5-6-15-3)9-7-12-14-13-9/h7-8,10-11H,4-6H2,1-3H3,(H,12,13,14). The van der Waals surface area contributed by atoms with Crippen LogP contribution in [0.4, 0.5) is 0 Å². The van der Waals surface area contributed by atoms with Crippen LogP contribution in [0.15, 0.2) is 6.20 Å². The first kappa shape index (κ1) is 12.1. The van der Waals surface area contributed by atoms with Crippen molar-refractivity contribution >= 4 is 0 Å². The predicted molar refractivity (Wildman–Crippen MR) is 58.5 cm³/mol. The van der Waals surface area contributed by atoms with E-state index < -0.39 is 0 Å². The smallest absolute Gasteiger partial charge is 0.0996 e. The molecule has 0 saturated heterocycles. The summed E-state index contributed by atoms with van der Waals surface area (Å²) in [6.45, 7) is 5.99. The van der Waals surface area contributed by atoms with Gasteiger partial charge in [0, 0.05) is 13.7 Å². The molecule has 0 aliphatic carbocycles. The summed E-state index contributed by atoms with van der Waals surface area (Å²) in [5.41, 5.74) is 0.973. The van der Waals surface area contributed by atoms with Gasteiger partial charge in [-0.1, -0.05) is 13.8 Å². The fourth-order valence-corrected chi connectivity index (χ4v) is 1.65. The van der Waals surface area contributed by atoms with E-state index in [1.807, 2.05) is 0 Å². The van der Waals surface area contributed by atoms with E-state index in [0.29, 0.717) is 5.92 Å². The highest BCUT2D eigenvalue weighted by Gasteiger charge is 2.20. The molecule has 5 heteroatoms. The van der Waals surface area contributed by atoms with Crippen molar-refractivity contribution in [3.05, 3.63) is 11.9 Å². The first-order chi connectivity index (χ1) is 7.29. The van der Waals surface area contributed by atoms with Crippen molar-refractivity contribution in [1.82, 2.24) is 20.7 Å². The molecule has 1 aromatic rings. The van der Waals surface area contributed by atoms with Gasteiger partial charge in [-0.25, -0.2) is 0 Å². The monoisotopic (exact) mass is 212 g/mol. The number of methoxy groups -OCH3 is 1. The maximum absolute atomic E-state index is 5.09. The molecule has 15 heavy (non-hydrogen) atoms. The number of ether oxygens (including phenoxy) is 1. The van der Waals surface area contributed by atoms with Gasteiger partial charge in [-0.2, -0.15) is 15.4 Å². The van der Waals surface area contributed by atoms with E-state index in [4.69, 9.17) is 4.74 Å². The molecule has 1 aromatic heterocycles. The Morgan fingerprint density at radius 2 is 2.40 bits per heavy atom. The Kier molecular flexibility index (Phi) is 5.28. The van der Waals surface area contributed by atoms with E-state index in [1.54, 1.807) is 13.3 Å². The van der Waals surface area contributed by atoms with Gasteiger partial charge in [-0.3, -0.25) is 0 Å². The Morgan fingerprint density at radius 3 is 2.93 bits per heavy atom. The van der Waals surface area contributed by atoms with Crippen LogP contribution in [-0.4, -0.2) is 35.7 Å². The van der Waals surface area contributed by atoms with E-state index in [0.717, 1.165) is 25.3 Å². The second-order valence-electron chi connectivity index (χ2n) is 3.69. The number of aromatic nitrogens is 3. The minimum atomic E-state index is 0.254. The van der Waals surface area contributed by atoms with Gasteiger partial charge in [0.15, 0.2) is 0 Å². The van der Waals surface area contributed by atoms with Crippen molar-refractivity contribution < 1.29 is 4.74 Å². The van der Waals surface area contributed by atoms with Gasteiger partial charge in [-0.15, -0.1) is 0 Å². The van der Waals surface area contributed by atoms with Crippen molar-refractivity contribution in [3.8, 4) is 0 Å². The number of nitrogens with one attached hydrogen (secondary N) is 2. The summed E-state index contributed by atoms with van der Waals surface area (Å²) in [5.74, 6) is 0.481. The van der Waals surface area contributed by atoms with Gasteiger partial charge in [0.25, 0.3) is 0 Å². The minimum absolute atomic E-state index is 0.254. The molecular weight excluding hydrogens is 192 g/mol. The molecule has 86 valence electrons. The lowest BCUT2D eigenvalue weighted by molar-refractivity contribution is 0.170. The normalized spacial score (nSPS) is 15.1. The van der Waals surface area contributed by atoms with E-state index in [9.17, 15) is 0 Å². The van der Waals surface area contributed by atoms with E-state index in [-0.39, 0.29) is 6.04 Å². The van der Waals surface area contributed by atoms with Crippen molar-refractivity contribution in [2.45, 2.75) is 26.3 Å². The molecule has 0 fully saturated rings. The summed E-state index contributed by atoms with van der Waals surface area (Å²) >= 11 is 0. The van der Waals surface area contributed by atoms with Crippen LogP contribution < -0.4 is 5.32 Å². The summed E-state index contributed by atoms with van der Waals surface area (Å²) in [4.78, 5) is 0. The molecular formula is C10H20N4O. The average molecular weight is 212 g/mol. The lowest BCUT2D eigenvalue weighted by Crippen LogP contribution is -2.27. The zero-order chi connectivity index (χ0) is 11.1. The van der Waals surface area contributed by atoms with Crippen LogP contribution in [0.5, 0.6) is 0 Å². The summed E-state index contributed by atoms with van der Waals surface area (Å²) < 4.78 is 5.09. The fourth-order valence-electron chi connectivity index (χ4n) is 1.65. The number of hydrogen-bond acceptors (Lipinski definition) is 4. The Hall–Kier alpha value is -0.940. The van der Waals surface area contributed by atoms with E-state index in [2.05, 4.69) is 34.6 Å². The lowest BCUT2D eigenvalue weighted by atomic mass is 9.96. The third-order valence-electron chi connectivity index (χ3n) is 2.52. The van der Waals surface area contributed by atoms with Crippen LogP contribution in [-0.2, 0) is 4.74 Å². The first-order valence-corrected chi connectivity index (χ1v) is 5.37. The Labute approximate surface area is 90.6 Å². The van der Waals surface area contributed by atoms with Crippen LogP contribution in [0.1, 0.15) is 32.0 Å². The molecule has 2 unspecified atom stereocenters. The molecule has 0 bridgehead atoms. The zero-order valence-electron chi connectivity index (χ0n) is 9.66. The summed E-state index contributed by atoms with van der Waals surface area (Å²) in [6, 6.07) is 0.254. The fraction of sp³-hybridized carbons (Fsp3) is 0.800. The van der Waals surface area contributed by atoms with Gasteiger partial charge in [0.05, 0.1) is 17.9 Å². The third-order valence-corrected chi connectivity index (χ3v) is 2.52. The number of aromatic amines is 1. The molecule has 0 amide bonds. The number of H-pyrrole nitrogens is 1. The maximum atomic E-state index is 5.09. The number of rotatable bonds is 7. The molecule has 0 spiro atoms. The molecule has 0 radical (unpaired) electrons. The quantitative estimate of drug-likeness (QED) is 0.711. The summed E-state index contributed by atoms with van der Waals surface area (Å²) in [6.07, 6.45) is 2.79. The van der Waals surface area contributed by atoms with Gasteiger partial charge >= 0.3 is 0 Å². The highest BCUT2D eigenvalue weighted by molar-refractivity contribution is 5.01. The van der Waals surface area contributed by atoms with E-state index in [1.165, 1.54) is 0 Å². The lowest BCUT2D eigenvalue weighted by Gasteiger charge is -2.22. The van der Waals surface area contributed by atoms with Gasteiger partial charge in [-0.05, 0) is 18.9 Å². The predicted octanol–water partition coefficient (Wildman–Crippen LogP) is 1.13. The topological polar surface area (TPSA) is 62.8 Å². The Balaban J connectivity index is 2.57. The van der Waals surface area contributed by atoms with Crippen LogP contribution >= 0.6 is 0 Å². The average Bonchev–Trinajstić information content (AvgIpc) is 2.75. The second-order valence-corrected chi connectivity index (χ2v) is 3.69. The van der Waals surface area contributed by atoms with Crippen molar-refractivity contribution in [2.75, 3.05) is 20.3 Å². The Morgan fingerprint density at radius 1 is 1.60 bits per heavy atom. The number of hydrogen-bond donors (Lipinski definition) is 2. The summed E-state index contributed by atoms with van der Waals surface area (Å²) in [5, 5.41) is 14.0. The van der Waals surface area contributed by atoms with Crippen LogP contribution in [0, 0.1) is 5.92 Å². The molecule has 2 atom stereocenters. The third kappa shape index (κ3) is 3.60. The zero-order valence-corrected chi connectivity index (χ0v) is 9.66. The molecule has 0 aliphatic heterocycles. The molecule has 5 nitrogen and oxygen atoms in total. The van der Waals surface area contributed by atoms with Crippen molar-refractivity contribution in [1.29, 1.82) is 0 Å². The molecule has 1 rings (SSSR count). The highest BCUT2D eigenvalue weighted by Crippen LogP contribution is 2.21.